The number of nitrogens with two attached hydrogens (primary N) is 1. The monoisotopic (exact) mass is 321 g/mol. The van der Waals surface area contributed by atoms with Crippen molar-refractivity contribution < 1.29 is 0 Å². The highest BCUT2D eigenvalue weighted by Crippen LogP contribution is 2.29. The molecule has 0 radical (unpaired) electrons. The van der Waals surface area contributed by atoms with Gasteiger partial charge in [0.1, 0.15) is 11.3 Å². The lowest BCUT2D eigenvalue weighted by Gasteiger charge is -2.00. The standard InChI is InChI=1S/C13H9BrClN3/c14-8-6-7(4-5-10(8)16)13-17-11-3-1-2-9(15)12(11)18-13/h1-6H,16H2,(H,17,18). The number of H-pyrrole nitrogens is 1. The quantitative estimate of drug-likeness (QED) is 0.659. The van der Waals surface area contributed by atoms with Gasteiger partial charge in [-0.1, -0.05) is 17.7 Å². The maximum absolute atomic E-state index is 6.10. The molecule has 0 saturated carbocycles. The van der Waals surface area contributed by atoms with Gasteiger partial charge in [0.25, 0.3) is 0 Å². The molecule has 3 rings (SSSR count). The van der Waals surface area contributed by atoms with Crippen molar-refractivity contribution in [2.75, 3.05) is 5.73 Å². The first-order chi connectivity index (χ1) is 8.65. The average Bonchev–Trinajstić information content (AvgIpc) is 2.78. The van der Waals surface area contributed by atoms with Gasteiger partial charge in [-0.25, -0.2) is 4.98 Å². The molecule has 3 nitrogen and oxygen atoms in total. The second-order valence-electron chi connectivity index (χ2n) is 3.96. The topological polar surface area (TPSA) is 54.7 Å². The number of rotatable bonds is 1. The molecule has 3 aromatic rings. The van der Waals surface area contributed by atoms with Gasteiger partial charge < -0.3 is 10.7 Å². The van der Waals surface area contributed by atoms with Crippen LogP contribution in [0.25, 0.3) is 22.4 Å². The summed E-state index contributed by atoms with van der Waals surface area (Å²) in [6, 6.07) is 11.4. The third-order valence-electron chi connectivity index (χ3n) is 2.74. The lowest BCUT2D eigenvalue weighted by Crippen LogP contribution is -1.87. The Morgan fingerprint density at radius 3 is 2.78 bits per heavy atom. The minimum Gasteiger partial charge on any atom is -0.398 e. The highest BCUT2D eigenvalue weighted by atomic mass is 79.9. The van der Waals surface area contributed by atoms with E-state index in [-0.39, 0.29) is 0 Å². The summed E-state index contributed by atoms with van der Waals surface area (Å²) in [6.07, 6.45) is 0. The van der Waals surface area contributed by atoms with Crippen LogP contribution < -0.4 is 5.73 Å². The van der Waals surface area contributed by atoms with Crippen LogP contribution in [-0.4, -0.2) is 9.97 Å². The molecule has 0 aliphatic rings. The zero-order valence-electron chi connectivity index (χ0n) is 9.24. The van der Waals surface area contributed by atoms with Crippen molar-refractivity contribution >= 4 is 44.3 Å². The predicted octanol–water partition coefficient (Wildman–Crippen LogP) is 4.23. The summed E-state index contributed by atoms with van der Waals surface area (Å²) in [5.41, 5.74) is 9.13. The van der Waals surface area contributed by atoms with Crippen LogP contribution in [0, 0.1) is 0 Å². The highest BCUT2D eigenvalue weighted by molar-refractivity contribution is 9.10. The largest absolute Gasteiger partial charge is 0.398 e. The van der Waals surface area contributed by atoms with Crippen molar-refractivity contribution in [3.63, 3.8) is 0 Å². The number of benzene rings is 2. The van der Waals surface area contributed by atoms with Crippen molar-refractivity contribution in [2.24, 2.45) is 0 Å². The third kappa shape index (κ3) is 1.87. The molecule has 0 aliphatic carbocycles. The summed E-state index contributed by atoms with van der Waals surface area (Å²) in [5.74, 6) is 0.777. The number of fused-ring (bicyclic) bond motifs is 1. The maximum Gasteiger partial charge on any atom is 0.138 e. The van der Waals surface area contributed by atoms with Gasteiger partial charge in [0, 0.05) is 15.7 Å². The Hall–Kier alpha value is -1.52. The van der Waals surface area contributed by atoms with Crippen LogP contribution in [0.15, 0.2) is 40.9 Å². The number of aromatic nitrogens is 2. The Balaban J connectivity index is 2.19. The molecule has 90 valence electrons. The molecule has 0 unspecified atom stereocenters. The van der Waals surface area contributed by atoms with E-state index in [9.17, 15) is 0 Å². The third-order valence-corrected chi connectivity index (χ3v) is 3.73. The van der Waals surface area contributed by atoms with Gasteiger partial charge in [-0.05, 0) is 46.3 Å². The van der Waals surface area contributed by atoms with Crippen LogP contribution in [0.1, 0.15) is 0 Å². The average molecular weight is 323 g/mol. The van der Waals surface area contributed by atoms with E-state index in [1.54, 1.807) is 0 Å². The Morgan fingerprint density at radius 2 is 2.06 bits per heavy atom. The van der Waals surface area contributed by atoms with Crippen molar-refractivity contribution in [1.82, 2.24) is 9.97 Å². The summed E-state index contributed by atoms with van der Waals surface area (Å²) in [6.45, 7) is 0. The van der Waals surface area contributed by atoms with Crippen molar-refractivity contribution in [1.29, 1.82) is 0 Å². The number of nitrogen functional groups attached to an aromatic ring is 1. The summed E-state index contributed by atoms with van der Waals surface area (Å²) < 4.78 is 0.853. The summed E-state index contributed by atoms with van der Waals surface area (Å²) in [5, 5.41) is 0.643. The second-order valence-corrected chi connectivity index (χ2v) is 5.22. The van der Waals surface area contributed by atoms with Crippen molar-refractivity contribution in [3.8, 4) is 11.4 Å². The zero-order chi connectivity index (χ0) is 12.7. The van der Waals surface area contributed by atoms with Gasteiger partial charge in [-0.15, -0.1) is 0 Å². The van der Waals surface area contributed by atoms with Crippen LogP contribution in [0.3, 0.4) is 0 Å². The van der Waals surface area contributed by atoms with Crippen LogP contribution in [0.5, 0.6) is 0 Å². The molecule has 1 heterocycles. The van der Waals surface area contributed by atoms with E-state index in [1.807, 2.05) is 36.4 Å². The van der Waals surface area contributed by atoms with E-state index in [4.69, 9.17) is 17.3 Å². The van der Waals surface area contributed by atoms with Gasteiger partial charge in [-0.2, -0.15) is 0 Å². The minimum atomic E-state index is 0.643. The molecule has 0 aliphatic heterocycles. The van der Waals surface area contributed by atoms with Crippen LogP contribution in [-0.2, 0) is 0 Å². The molecule has 0 atom stereocenters. The Bertz CT molecular complexity index is 736. The van der Waals surface area contributed by atoms with E-state index >= 15 is 0 Å². The minimum absolute atomic E-state index is 0.643. The number of hydrogen-bond acceptors (Lipinski definition) is 2. The smallest absolute Gasteiger partial charge is 0.138 e. The van der Waals surface area contributed by atoms with Gasteiger partial charge in [0.05, 0.1) is 10.5 Å². The normalized spacial score (nSPS) is 11.0. The first kappa shape index (κ1) is 11.6. The SMILES string of the molecule is Nc1ccc(-c2nc3c(Cl)cccc3[nH]2)cc1Br. The zero-order valence-corrected chi connectivity index (χ0v) is 11.6. The Labute approximate surface area is 117 Å². The van der Waals surface area contributed by atoms with Crippen LogP contribution >= 0.6 is 27.5 Å². The number of para-hydroxylation sites is 1. The molecule has 0 spiro atoms. The Morgan fingerprint density at radius 1 is 1.22 bits per heavy atom. The molecule has 1 aromatic heterocycles. The number of nitrogens with zero attached hydrogens (tertiary/aromatic N) is 1. The fourth-order valence-corrected chi connectivity index (χ4v) is 2.40. The van der Waals surface area contributed by atoms with Gasteiger partial charge in [-0.3, -0.25) is 0 Å². The Kier molecular flexibility index (Phi) is 2.76. The number of hydrogen-bond donors (Lipinski definition) is 2. The highest BCUT2D eigenvalue weighted by Gasteiger charge is 2.08. The molecule has 3 N–H and O–H groups in total. The molecule has 0 amide bonds. The molecule has 0 bridgehead atoms. The van der Waals surface area contributed by atoms with E-state index in [1.165, 1.54) is 0 Å². The van der Waals surface area contributed by atoms with Gasteiger partial charge in [0.2, 0.25) is 0 Å². The number of halogens is 2. The van der Waals surface area contributed by atoms with E-state index in [2.05, 4.69) is 25.9 Å². The summed E-state index contributed by atoms with van der Waals surface area (Å²) in [4.78, 5) is 7.75. The van der Waals surface area contributed by atoms with E-state index in [0.29, 0.717) is 10.7 Å². The first-order valence-electron chi connectivity index (χ1n) is 5.35. The molecule has 0 fully saturated rings. The second kappa shape index (κ2) is 4.30. The van der Waals surface area contributed by atoms with Crippen molar-refractivity contribution in [3.05, 3.63) is 45.9 Å². The first-order valence-corrected chi connectivity index (χ1v) is 6.52. The number of nitrogens with one attached hydrogen (secondary N) is 1. The molecule has 2 aromatic carbocycles. The lowest BCUT2D eigenvalue weighted by atomic mass is 10.2. The number of imidazole rings is 1. The molecular weight excluding hydrogens is 314 g/mol. The van der Waals surface area contributed by atoms with E-state index in [0.717, 1.165) is 26.9 Å². The van der Waals surface area contributed by atoms with Crippen LogP contribution in [0.2, 0.25) is 5.02 Å². The molecule has 0 saturated heterocycles. The lowest BCUT2D eigenvalue weighted by molar-refractivity contribution is 1.33. The van der Waals surface area contributed by atoms with Crippen LogP contribution in [0.4, 0.5) is 5.69 Å². The fourth-order valence-electron chi connectivity index (χ4n) is 1.81. The molecule has 18 heavy (non-hydrogen) atoms. The predicted molar refractivity (Wildman–Crippen MR) is 78.7 cm³/mol. The maximum atomic E-state index is 6.10. The van der Waals surface area contributed by atoms with Gasteiger partial charge in [0.15, 0.2) is 0 Å². The molecule has 5 heteroatoms. The summed E-state index contributed by atoms with van der Waals surface area (Å²) >= 11 is 9.51. The summed E-state index contributed by atoms with van der Waals surface area (Å²) in [7, 11) is 0. The fraction of sp³-hybridized carbons (Fsp3) is 0. The number of aromatic amines is 1. The molecular formula is C13H9BrClN3. The van der Waals surface area contributed by atoms with Gasteiger partial charge >= 0.3 is 0 Å². The van der Waals surface area contributed by atoms with E-state index < -0.39 is 0 Å². The number of anilines is 1. The van der Waals surface area contributed by atoms with Crippen molar-refractivity contribution in [2.45, 2.75) is 0 Å².